The molecule has 17 heavy (non-hydrogen) atoms. The summed E-state index contributed by atoms with van der Waals surface area (Å²) in [6, 6.07) is 5.55. The smallest absolute Gasteiger partial charge is 0.0593 e. The standard InChI is InChI=1S/C14H26N2S/c1-5-11(6-2)16(4)14(12(15)7-3)13-9-8-10-17-13/h8-12,14H,5-7,15H2,1-4H3. The molecule has 2 atom stereocenters. The monoisotopic (exact) mass is 254 g/mol. The van der Waals surface area contributed by atoms with E-state index in [0.29, 0.717) is 12.1 Å². The van der Waals surface area contributed by atoms with Crippen LogP contribution in [0.5, 0.6) is 0 Å². The van der Waals surface area contributed by atoms with Crippen molar-refractivity contribution in [2.45, 2.75) is 58.2 Å². The largest absolute Gasteiger partial charge is 0.326 e. The summed E-state index contributed by atoms with van der Waals surface area (Å²) >= 11 is 1.82. The molecule has 1 rings (SSSR count). The van der Waals surface area contributed by atoms with Crippen LogP contribution < -0.4 is 5.73 Å². The molecule has 1 aromatic heterocycles. The topological polar surface area (TPSA) is 29.3 Å². The fourth-order valence-corrected chi connectivity index (χ4v) is 3.44. The number of hydrogen-bond donors (Lipinski definition) is 1. The van der Waals surface area contributed by atoms with E-state index in [0.717, 1.165) is 6.42 Å². The first-order valence-electron chi connectivity index (χ1n) is 6.66. The van der Waals surface area contributed by atoms with Gasteiger partial charge in [-0.2, -0.15) is 0 Å². The molecule has 0 bridgehead atoms. The molecule has 0 amide bonds. The summed E-state index contributed by atoms with van der Waals surface area (Å²) in [4.78, 5) is 3.87. The number of rotatable bonds is 7. The summed E-state index contributed by atoms with van der Waals surface area (Å²) in [6.45, 7) is 6.69. The summed E-state index contributed by atoms with van der Waals surface area (Å²) in [5, 5.41) is 2.14. The summed E-state index contributed by atoms with van der Waals surface area (Å²) in [5.41, 5.74) is 6.32. The van der Waals surface area contributed by atoms with Crippen LogP contribution in [0, 0.1) is 0 Å². The van der Waals surface area contributed by atoms with Crippen molar-refractivity contribution < 1.29 is 0 Å². The lowest BCUT2D eigenvalue weighted by Crippen LogP contribution is -2.43. The van der Waals surface area contributed by atoms with E-state index in [1.807, 2.05) is 11.3 Å². The summed E-state index contributed by atoms with van der Waals surface area (Å²) < 4.78 is 0. The minimum Gasteiger partial charge on any atom is -0.326 e. The predicted molar refractivity (Wildman–Crippen MR) is 77.5 cm³/mol. The molecule has 0 saturated carbocycles. The fourth-order valence-electron chi connectivity index (χ4n) is 2.49. The third kappa shape index (κ3) is 3.54. The Morgan fingerprint density at radius 2 is 1.88 bits per heavy atom. The zero-order valence-corrected chi connectivity index (χ0v) is 12.3. The van der Waals surface area contributed by atoms with Crippen molar-refractivity contribution in [3.8, 4) is 0 Å². The van der Waals surface area contributed by atoms with Gasteiger partial charge in [0, 0.05) is 17.0 Å². The van der Waals surface area contributed by atoms with Gasteiger partial charge >= 0.3 is 0 Å². The highest BCUT2D eigenvalue weighted by Crippen LogP contribution is 2.30. The highest BCUT2D eigenvalue weighted by Gasteiger charge is 2.27. The Labute approximate surface area is 110 Å². The Hall–Kier alpha value is -0.380. The Balaban J connectivity index is 2.90. The van der Waals surface area contributed by atoms with E-state index in [2.05, 4.69) is 50.2 Å². The predicted octanol–water partition coefficient (Wildman–Crippen LogP) is 3.65. The Morgan fingerprint density at radius 1 is 1.24 bits per heavy atom. The van der Waals surface area contributed by atoms with Crippen LogP contribution in [0.3, 0.4) is 0 Å². The van der Waals surface area contributed by atoms with Crippen LogP contribution in [-0.2, 0) is 0 Å². The number of thiophene rings is 1. The first-order valence-corrected chi connectivity index (χ1v) is 7.54. The molecule has 2 N–H and O–H groups in total. The Kier molecular flexibility index (Phi) is 6.17. The minimum atomic E-state index is 0.222. The van der Waals surface area contributed by atoms with Crippen LogP contribution in [0.25, 0.3) is 0 Å². The fraction of sp³-hybridized carbons (Fsp3) is 0.714. The molecule has 2 unspecified atom stereocenters. The Morgan fingerprint density at radius 3 is 2.29 bits per heavy atom. The van der Waals surface area contributed by atoms with E-state index in [1.165, 1.54) is 17.7 Å². The van der Waals surface area contributed by atoms with Crippen molar-refractivity contribution in [2.24, 2.45) is 5.73 Å². The van der Waals surface area contributed by atoms with Crippen LogP contribution in [-0.4, -0.2) is 24.0 Å². The Bertz CT molecular complexity index is 293. The molecule has 0 fully saturated rings. The van der Waals surface area contributed by atoms with Crippen molar-refractivity contribution in [2.75, 3.05) is 7.05 Å². The van der Waals surface area contributed by atoms with Crippen LogP contribution in [0.2, 0.25) is 0 Å². The van der Waals surface area contributed by atoms with Gasteiger partial charge in [0.05, 0.1) is 6.04 Å². The number of hydrogen-bond acceptors (Lipinski definition) is 3. The SMILES string of the molecule is CCC(N)C(c1cccs1)N(C)C(CC)CC. The molecule has 0 aliphatic carbocycles. The van der Waals surface area contributed by atoms with E-state index in [-0.39, 0.29) is 6.04 Å². The zero-order valence-electron chi connectivity index (χ0n) is 11.5. The van der Waals surface area contributed by atoms with E-state index in [9.17, 15) is 0 Å². The molecule has 0 aliphatic rings. The van der Waals surface area contributed by atoms with Crippen molar-refractivity contribution >= 4 is 11.3 Å². The van der Waals surface area contributed by atoms with Crippen molar-refractivity contribution in [3.63, 3.8) is 0 Å². The zero-order chi connectivity index (χ0) is 12.8. The lowest BCUT2D eigenvalue weighted by molar-refractivity contribution is 0.143. The average Bonchev–Trinajstić information content (AvgIpc) is 2.84. The van der Waals surface area contributed by atoms with Crippen LogP contribution in [0.4, 0.5) is 0 Å². The molecule has 98 valence electrons. The third-order valence-electron chi connectivity index (χ3n) is 3.67. The molecule has 0 radical (unpaired) electrons. The van der Waals surface area contributed by atoms with Gasteiger partial charge in [-0.25, -0.2) is 0 Å². The second-order valence-corrected chi connectivity index (χ2v) is 5.65. The quantitative estimate of drug-likeness (QED) is 0.805. The van der Waals surface area contributed by atoms with Gasteiger partial charge in [-0.05, 0) is 37.8 Å². The van der Waals surface area contributed by atoms with Crippen molar-refractivity contribution in [1.29, 1.82) is 0 Å². The van der Waals surface area contributed by atoms with Crippen LogP contribution in [0.1, 0.15) is 51.0 Å². The lowest BCUT2D eigenvalue weighted by Gasteiger charge is -2.37. The highest BCUT2D eigenvalue weighted by atomic mass is 32.1. The molecular weight excluding hydrogens is 228 g/mol. The van der Waals surface area contributed by atoms with Crippen LogP contribution in [0.15, 0.2) is 17.5 Å². The van der Waals surface area contributed by atoms with Crippen molar-refractivity contribution in [1.82, 2.24) is 4.90 Å². The number of likely N-dealkylation sites (N-methyl/N-ethyl adjacent to an activating group) is 1. The van der Waals surface area contributed by atoms with E-state index >= 15 is 0 Å². The summed E-state index contributed by atoms with van der Waals surface area (Å²) in [6.07, 6.45) is 3.39. The van der Waals surface area contributed by atoms with Gasteiger partial charge in [0.25, 0.3) is 0 Å². The van der Waals surface area contributed by atoms with Gasteiger partial charge in [-0.1, -0.05) is 26.8 Å². The van der Waals surface area contributed by atoms with Gasteiger partial charge in [-0.15, -0.1) is 11.3 Å². The van der Waals surface area contributed by atoms with E-state index in [1.54, 1.807) is 0 Å². The van der Waals surface area contributed by atoms with E-state index in [4.69, 9.17) is 5.73 Å². The van der Waals surface area contributed by atoms with Crippen LogP contribution >= 0.6 is 11.3 Å². The second-order valence-electron chi connectivity index (χ2n) is 4.67. The third-order valence-corrected chi connectivity index (χ3v) is 4.61. The maximum atomic E-state index is 6.32. The van der Waals surface area contributed by atoms with Gasteiger partial charge < -0.3 is 5.73 Å². The van der Waals surface area contributed by atoms with Gasteiger partial charge in [-0.3, -0.25) is 4.90 Å². The van der Waals surface area contributed by atoms with Crippen molar-refractivity contribution in [3.05, 3.63) is 22.4 Å². The first-order chi connectivity index (χ1) is 8.15. The van der Waals surface area contributed by atoms with E-state index < -0.39 is 0 Å². The van der Waals surface area contributed by atoms with Gasteiger partial charge in [0.15, 0.2) is 0 Å². The summed E-state index contributed by atoms with van der Waals surface area (Å²) in [7, 11) is 2.22. The van der Waals surface area contributed by atoms with Gasteiger partial charge in [0.1, 0.15) is 0 Å². The maximum absolute atomic E-state index is 6.32. The van der Waals surface area contributed by atoms with Gasteiger partial charge in [0.2, 0.25) is 0 Å². The molecule has 0 aromatic carbocycles. The molecule has 3 heteroatoms. The lowest BCUT2D eigenvalue weighted by atomic mass is 10.00. The number of nitrogens with zero attached hydrogens (tertiary/aromatic N) is 1. The molecular formula is C14H26N2S. The first kappa shape index (κ1) is 14.7. The molecule has 0 saturated heterocycles. The molecule has 0 spiro atoms. The molecule has 0 aliphatic heterocycles. The molecule has 2 nitrogen and oxygen atoms in total. The minimum absolute atomic E-state index is 0.222. The molecule has 1 aromatic rings. The second kappa shape index (κ2) is 7.14. The average molecular weight is 254 g/mol. The summed E-state index contributed by atoms with van der Waals surface area (Å²) in [5.74, 6) is 0. The number of nitrogens with two attached hydrogens (primary N) is 1. The normalized spacial score (nSPS) is 15.5. The maximum Gasteiger partial charge on any atom is 0.0593 e. The highest BCUT2D eigenvalue weighted by molar-refractivity contribution is 7.10. The molecule has 1 heterocycles.